The fourth-order valence-corrected chi connectivity index (χ4v) is 2.15. The van der Waals surface area contributed by atoms with Gasteiger partial charge in [0.1, 0.15) is 17.9 Å². The first kappa shape index (κ1) is 17.0. The Kier molecular flexibility index (Phi) is 5.47. The Hall–Kier alpha value is -3.40. The molecule has 0 aliphatic carbocycles. The number of carbonyl (C=O) groups excluding carboxylic acids is 2. The SMILES string of the molecule is CN(CC(=O)NC(C(N)=O)c1ccccc1)c1ccc(C#N)cn1. The summed E-state index contributed by atoms with van der Waals surface area (Å²) in [6.45, 7) is -0.00445. The number of nitrogens with one attached hydrogen (secondary N) is 1. The van der Waals surface area contributed by atoms with E-state index in [1.165, 1.54) is 6.20 Å². The van der Waals surface area contributed by atoms with Gasteiger partial charge >= 0.3 is 0 Å². The number of likely N-dealkylation sites (N-methyl/N-ethyl adjacent to an activating group) is 1. The van der Waals surface area contributed by atoms with E-state index in [0.29, 0.717) is 16.9 Å². The Morgan fingerprint density at radius 3 is 2.54 bits per heavy atom. The van der Waals surface area contributed by atoms with Crippen molar-refractivity contribution in [2.45, 2.75) is 6.04 Å². The van der Waals surface area contributed by atoms with Gasteiger partial charge in [-0.2, -0.15) is 5.26 Å². The van der Waals surface area contributed by atoms with Crippen LogP contribution in [0.5, 0.6) is 0 Å². The number of amides is 2. The summed E-state index contributed by atoms with van der Waals surface area (Å²) in [5.74, 6) is -0.454. The average molecular weight is 323 g/mol. The number of nitrogens with two attached hydrogens (primary N) is 1. The van der Waals surface area contributed by atoms with Crippen molar-refractivity contribution in [1.29, 1.82) is 5.26 Å². The third-order valence-electron chi connectivity index (χ3n) is 3.37. The van der Waals surface area contributed by atoms with Crippen molar-refractivity contribution in [3.05, 3.63) is 59.8 Å². The van der Waals surface area contributed by atoms with Crippen LogP contribution >= 0.6 is 0 Å². The Bertz CT molecular complexity index is 753. The number of carbonyl (C=O) groups is 2. The lowest BCUT2D eigenvalue weighted by Crippen LogP contribution is -2.42. The molecular formula is C17H17N5O2. The van der Waals surface area contributed by atoms with Gasteiger partial charge in [0, 0.05) is 13.2 Å². The molecule has 0 aliphatic rings. The van der Waals surface area contributed by atoms with Crippen LogP contribution in [-0.4, -0.2) is 30.4 Å². The summed E-state index contributed by atoms with van der Waals surface area (Å²) < 4.78 is 0. The third-order valence-corrected chi connectivity index (χ3v) is 3.37. The molecular weight excluding hydrogens is 306 g/mol. The zero-order valence-electron chi connectivity index (χ0n) is 13.1. The fraction of sp³-hybridized carbons (Fsp3) is 0.176. The summed E-state index contributed by atoms with van der Waals surface area (Å²) >= 11 is 0. The van der Waals surface area contributed by atoms with Gasteiger partial charge in [0.15, 0.2) is 0 Å². The molecule has 0 saturated heterocycles. The molecule has 0 fully saturated rings. The fourth-order valence-electron chi connectivity index (χ4n) is 2.15. The second-order valence-corrected chi connectivity index (χ2v) is 5.19. The molecule has 1 unspecified atom stereocenters. The van der Waals surface area contributed by atoms with Crippen molar-refractivity contribution in [2.75, 3.05) is 18.5 Å². The first-order valence-electron chi connectivity index (χ1n) is 7.22. The predicted octanol–water partition coefficient (Wildman–Crippen LogP) is 0.732. The molecule has 2 aromatic rings. The summed E-state index contributed by atoms with van der Waals surface area (Å²) in [6, 6.07) is 13.2. The summed E-state index contributed by atoms with van der Waals surface area (Å²) in [7, 11) is 1.69. The largest absolute Gasteiger partial charge is 0.368 e. The van der Waals surface area contributed by atoms with E-state index in [2.05, 4.69) is 10.3 Å². The zero-order chi connectivity index (χ0) is 17.5. The molecule has 122 valence electrons. The highest BCUT2D eigenvalue weighted by atomic mass is 16.2. The van der Waals surface area contributed by atoms with Crippen LogP contribution in [0.1, 0.15) is 17.2 Å². The van der Waals surface area contributed by atoms with Crippen LogP contribution in [0, 0.1) is 11.3 Å². The smallest absolute Gasteiger partial charge is 0.244 e. The number of nitrogens with zero attached hydrogens (tertiary/aromatic N) is 3. The Morgan fingerprint density at radius 2 is 2.00 bits per heavy atom. The van der Waals surface area contributed by atoms with Crippen molar-refractivity contribution < 1.29 is 9.59 Å². The maximum atomic E-state index is 12.2. The number of rotatable bonds is 6. The van der Waals surface area contributed by atoms with Gasteiger partial charge in [-0.3, -0.25) is 9.59 Å². The van der Waals surface area contributed by atoms with Gasteiger partial charge in [0.25, 0.3) is 0 Å². The Balaban J connectivity index is 2.02. The Morgan fingerprint density at radius 1 is 1.29 bits per heavy atom. The third kappa shape index (κ3) is 4.30. The van der Waals surface area contributed by atoms with E-state index in [1.807, 2.05) is 12.1 Å². The van der Waals surface area contributed by atoms with Gasteiger partial charge in [0.05, 0.1) is 12.1 Å². The van der Waals surface area contributed by atoms with Crippen molar-refractivity contribution in [3.63, 3.8) is 0 Å². The van der Waals surface area contributed by atoms with Crippen LogP contribution < -0.4 is 16.0 Å². The molecule has 24 heavy (non-hydrogen) atoms. The minimum absolute atomic E-state index is 0.00445. The first-order chi connectivity index (χ1) is 11.5. The van der Waals surface area contributed by atoms with Crippen LogP contribution in [0.3, 0.4) is 0 Å². The maximum absolute atomic E-state index is 12.2. The summed E-state index contributed by atoms with van der Waals surface area (Å²) in [5, 5.41) is 11.4. The van der Waals surface area contributed by atoms with Crippen LogP contribution in [0.25, 0.3) is 0 Å². The normalized spacial score (nSPS) is 11.2. The summed E-state index contributed by atoms with van der Waals surface area (Å²) in [6.07, 6.45) is 1.43. The quantitative estimate of drug-likeness (QED) is 0.814. The molecule has 0 radical (unpaired) electrons. The van der Waals surface area contributed by atoms with Gasteiger partial charge in [-0.05, 0) is 17.7 Å². The number of primary amides is 1. The second kappa shape index (κ2) is 7.74. The molecule has 7 nitrogen and oxygen atoms in total. The number of hydrogen-bond donors (Lipinski definition) is 2. The van der Waals surface area contributed by atoms with E-state index < -0.39 is 11.9 Å². The van der Waals surface area contributed by atoms with Gasteiger partial charge in [-0.25, -0.2) is 4.98 Å². The first-order valence-corrected chi connectivity index (χ1v) is 7.22. The average Bonchev–Trinajstić information content (AvgIpc) is 2.60. The number of anilines is 1. The van der Waals surface area contributed by atoms with E-state index in [4.69, 9.17) is 11.0 Å². The number of pyridine rings is 1. The highest BCUT2D eigenvalue weighted by Gasteiger charge is 2.20. The maximum Gasteiger partial charge on any atom is 0.244 e. The van der Waals surface area contributed by atoms with Gasteiger partial charge in [0.2, 0.25) is 11.8 Å². The topological polar surface area (TPSA) is 112 Å². The number of hydrogen-bond acceptors (Lipinski definition) is 5. The van der Waals surface area contributed by atoms with E-state index in [9.17, 15) is 9.59 Å². The van der Waals surface area contributed by atoms with Gasteiger partial charge in [-0.15, -0.1) is 0 Å². The number of benzene rings is 1. The van der Waals surface area contributed by atoms with Crippen LogP contribution in [0.2, 0.25) is 0 Å². The van der Waals surface area contributed by atoms with E-state index in [0.717, 1.165) is 0 Å². The molecule has 0 spiro atoms. The molecule has 3 N–H and O–H groups in total. The minimum Gasteiger partial charge on any atom is -0.368 e. The molecule has 1 atom stereocenters. The van der Waals surface area contributed by atoms with Gasteiger partial charge in [-0.1, -0.05) is 30.3 Å². The molecule has 2 amide bonds. The van der Waals surface area contributed by atoms with E-state index in [1.54, 1.807) is 48.3 Å². The highest BCUT2D eigenvalue weighted by molar-refractivity contribution is 5.89. The monoisotopic (exact) mass is 323 g/mol. The Labute approximate surface area is 139 Å². The molecule has 0 bridgehead atoms. The summed E-state index contributed by atoms with van der Waals surface area (Å²) in [5.41, 5.74) is 6.44. The lowest BCUT2D eigenvalue weighted by atomic mass is 10.1. The second-order valence-electron chi connectivity index (χ2n) is 5.19. The van der Waals surface area contributed by atoms with E-state index in [-0.39, 0.29) is 12.5 Å². The lowest BCUT2D eigenvalue weighted by Gasteiger charge is -2.20. The standard InChI is InChI=1S/C17H17N5O2/c1-22(14-8-7-12(9-18)10-20-14)11-15(23)21-16(17(19)24)13-5-3-2-4-6-13/h2-8,10,16H,11H2,1H3,(H2,19,24)(H,21,23). The zero-order valence-corrected chi connectivity index (χ0v) is 13.1. The van der Waals surface area contributed by atoms with Crippen molar-refractivity contribution in [2.24, 2.45) is 5.73 Å². The lowest BCUT2D eigenvalue weighted by molar-refractivity contribution is -0.126. The van der Waals surface area contributed by atoms with Gasteiger partial charge < -0.3 is 16.0 Å². The molecule has 2 rings (SSSR count). The van der Waals surface area contributed by atoms with Crippen LogP contribution in [-0.2, 0) is 9.59 Å². The number of nitriles is 1. The number of aromatic nitrogens is 1. The van der Waals surface area contributed by atoms with Crippen LogP contribution in [0.15, 0.2) is 48.7 Å². The predicted molar refractivity (Wildman–Crippen MR) is 88.7 cm³/mol. The minimum atomic E-state index is -0.888. The molecule has 0 saturated carbocycles. The molecule has 1 aromatic heterocycles. The van der Waals surface area contributed by atoms with Crippen molar-refractivity contribution in [3.8, 4) is 6.07 Å². The summed E-state index contributed by atoms with van der Waals surface area (Å²) in [4.78, 5) is 29.5. The molecule has 1 heterocycles. The molecule has 7 heteroatoms. The van der Waals surface area contributed by atoms with Crippen LogP contribution in [0.4, 0.5) is 5.82 Å². The van der Waals surface area contributed by atoms with Crippen molar-refractivity contribution >= 4 is 17.6 Å². The highest BCUT2D eigenvalue weighted by Crippen LogP contribution is 2.13. The molecule has 1 aromatic carbocycles. The van der Waals surface area contributed by atoms with E-state index >= 15 is 0 Å². The van der Waals surface area contributed by atoms with Crippen molar-refractivity contribution in [1.82, 2.24) is 10.3 Å². The molecule has 0 aliphatic heterocycles.